The summed E-state index contributed by atoms with van der Waals surface area (Å²) in [6.45, 7) is 8.87. The van der Waals surface area contributed by atoms with Crippen LogP contribution in [0.2, 0.25) is 0 Å². The van der Waals surface area contributed by atoms with Gasteiger partial charge in [-0.3, -0.25) is 0 Å². The van der Waals surface area contributed by atoms with E-state index in [1.165, 1.54) is 25.7 Å². The van der Waals surface area contributed by atoms with Crippen LogP contribution in [0.4, 0.5) is 0 Å². The predicted molar refractivity (Wildman–Crippen MR) is 141 cm³/mol. The van der Waals surface area contributed by atoms with Crippen molar-refractivity contribution < 1.29 is 47.4 Å². The minimum absolute atomic E-state index is 0.128. The van der Waals surface area contributed by atoms with E-state index in [9.17, 15) is 0 Å². The zero-order chi connectivity index (χ0) is 26.4. The second kappa shape index (κ2) is 22.3. The Kier molecular flexibility index (Phi) is 18.9. The molecule has 10 heteroatoms. The average Bonchev–Trinajstić information content (AvgIpc) is 2.94. The number of rotatable bonds is 0. The number of hydrogen-bond donors (Lipinski definition) is 0. The maximum atomic E-state index is 6.07. The van der Waals surface area contributed by atoms with Crippen LogP contribution in [0.3, 0.4) is 0 Å². The Morgan fingerprint density at radius 2 is 0.421 bits per heavy atom. The van der Waals surface area contributed by atoms with Crippen molar-refractivity contribution in [2.45, 2.75) is 75.8 Å². The molecule has 0 radical (unpaired) electrons. The molecular formula is C28H52O10. The lowest BCUT2D eigenvalue weighted by molar-refractivity contribution is -0.115. The van der Waals surface area contributed by atoms with Crippen LogP contribution in [0.5, 0.6) is 0 Å². The van der Waals surface area contributed by atoms with Crippen molar-refractivity contribution >= 4 is 0 Å². The summed E-state index contributed by atoms with van der Waals surface area (Å²) >= 11 is 0. The van der Waals surface area contributed by atoms with Gasteiger partial charge in [0.1, 0.15) is 0 Å². The fourth-order valence-corrected chi connectivity index (χ4v) is 5.01. The molecule has 2 saturated carbocycles. The standard InChI is InChI=1S/C28H52O10/c1-2-6-26-25(5-1)35-21-17-31-13-9-29-11-15-33-19-23-37-27-7-3-4-8-28(27)38-24-20-34-16-12-30-10-14-32-18-22-36-26/h25-28H,1-24H2. The van der Waals surface area contributed by atoms with E-state index in [0.29, 0.717) is 106 Å². The quantitative estimate of drug-likeness (QED) is 0.450. The Hall–Kier alpha value is -0.400. The first-order chi connectivity index (χ1) is 18.9. The minimum atomic E-state index is 0.128. The van der Waals surface area contributed by atoms with E-state index < -0.39 is 0 Å². The molecule has 224 valence electrons. The van der Waals surface area contributed by atoms with Crippen molar-refractivity contribution in [1.82, 2.24) is 0 Å². The Morgan fingerprint density at radius 1 is 0.237 bits per heavy atom. The van der Waals surface area contributed by atoms with E-state index in [-0.39, 0.29) is 24.4 Å². The van der Waals surface area contributed by atoms with Crippen molar-refractivity contribution in [3.8, 4) is 0 Å². The zero-order valence-corrected chi connectivity index (χ0v) is 23.4. The highest BCUT2D eigenvalue weighted by Gasteiger charge is 2.27. The van der Waals surface area contributed by atoms with Gasteiger partial charge >= 0.3 is 0 Å². The van der Waals surface area contributed by atoms with Crippen molar-refractivity contribution in [3.05, 3.63) is 0 Å². The van der Waals surface area contributed by atoms with Gasteiger partial charge in [0.2, 0.25) is 0 Å². The summed E-state index contributed by atoms with van der Waals surface area (Å²) in [4.78, 5) is 0. The Morgan fingerprint density at radius 3 is 0.632 bits per heavy atom. The third-order valence-corrected chi connectivity index (χ3v) is 7.01. The SMILES string of the molecule is C1CCC2OCCOCCOCCOCCOC3CCCCC3OCCOCCOCCOCCOC2C1. The predicted octanol–water partition coefficient (Wildman–Crippen LogP) is 2.79. The van der Waals surface area contributed by atoms with E-state index in [4.69, 9.17) is 47.4 Å². The smallest absolute Gasteiger partial charge is 0.0837 e. The summed E-state index contributed by atoms with van der Waals surface area (Å²) in [7, 11) is 0. The molecule has 3 fully saturated rings. The zero-order valence-electron chi connectivity index (χ0n) is 23.4. The molecule has 0 bridgehead atoms. The van der Waals surface area contributed by atoms with Crippen LogP contribution in [-0.4, -0.2) is 130 Å². The first kappa shape index (κ1) is 32.1. The molecule has 1 saturated heterocycles. The Balaban J connectivity index is 1.31. The third kappa shape index (κ3) is 14.8. The number of hydrogen-bond acceptors (Lipinski definition) is 10. The summed E-state index contributed by atoms with van der Waals surface area (Å²) in [5, 5.41) is 0. The van der Waals surface area contributed by atoms with Gasteiger partial charge in [-0.15, -0.1) is 0 Å². The normalized spacial score (nSPS) is 32.8. The summed E-state index contributed by atoms with van der Waals surface area (Å²) in [5.74, 6) is 0. The van der Waals surface area contributed by atoms with Gasteiger partial charge in [0.05, 0.1) is 130 Å². The lowest BCUT2D eigenvalue weighted by atomic mass is 9.94. The lowest BCUT2D eigenvalue weighted by Crippen LogP contribution is -2.36. The molecule has 0 N–H and O–H groups in total. The third-order valence-electron chi connectivity index (χ3n) is 7.01. The monoisotopic (exact) mass is 548 g/mol. The van der Waals surface area contributed by atoms with Gasteiger partial charge in [0, 0.05) is 0 Å². The van der Waals surface area contributed by atoms with E-state index in [1.54, 1.807) is 0 Å². The molecule has 1 aliphatic heterocycles. The maximum Gasteiger partial charge on any atom is 0.0837 e. The van der Waals surface area contributed by atoms with E-state index in [2.05, 4.69) is 0 Å². The highest BCUT2D eigenvalue weighted by atomic mass is 16.6. The second-order valence-electron chi connectivity index (χ2n) is 9.88. The molecule has 38 heavy (non-hydrogen) atoms. The molecule has 0 aromatic rings. The maximum absolute atomic E-state index is 6.07. The van der Waals surface area contributed by atoms with Crippen LogP contribution in [0.15, 0.2) is 0 Å². The fourth-order valence-electron chi connectivity index (χ4n) is 5.01. The molecule has 0 spiro atoms. The molecule has 10 nitrogen and oxygen atoms in total. The average molecular weight is 549 g/mol. The first-order valence-corrected chi connectivity index (χ1v) is 14.9. The highest BCUT2D eigenvalue weighted by molar-refractivity contribution is 4.77. The highest BCUT2D eigenvalue weighted by Crippen LogP contribution is 2.24. The number of fused-ring (bicyclic) bond motifs is 2. The van der Waals surface area contributed by atoms with Crippen LogP contribution in [0.25, 0.3) is 0 Å². The van der Waals surface area contributed by atoms with E-state index >= 15 is 0 Å². The van der Waals surface area contributed by atoms with Gasteiger partial charge in [-0.25, -0.2) is 0 Å². The van der Waals surface area contributed by atoms with Gasteiger partial charge in [0.25, 0.3) is 0 Å². The Bertz CT molecular complexity index is 450. The van der Waals surface area contributed by atoms with Crippen molar-refractivity contribution in [2.24, 2.45) is 0 Å². The molecule has 4 atom stereocenters. The number of ether oxygens (including phenoxy) is 10. The molecule has 3 rings (SSSR count). The second-order valence-corrected chi connectivity index (χ2v) is 9.88. The largest absolute Gasteiger partial charge is 0.377 e. The molecule has 0 aromatic heterocycles. The van der Waals surface area contributed by atoms with Crippen molar-refractivity contribution in [1.29, 1.82) is 0 Å². The van der Waals surface area contributed by atoms with Crippen LogP contribution in [0.1, 0.15) is 51.4 Å². The molecular weight excluding hydrogens is 496 g/mol. The molecule has 2 aliphatic carbocycles. The summed E-state index contributed by atoms with van der Waals surface area (Å²) in [6, 6.07) is 0. The Labute approximate surface area is 229 Å². The van der Waals surface area contributed by atoms with Crippen LogP contribution < -0.4 is 0 Å². The van der Waals surface area contributed by atoms with Crippen LogP contribution in [-0.2, 0) is 47.4 Å². The van der Waals surface area contributed by atoms with Crippen LogP contribution in [0, 0.1) is 0 Å². The molecule has 0 aromatic carbocycles. The van der Waals surface area contributed by atoms with Gasteiger partial charge in [0.15, 0.2) is 0 Å². The van der Waals surface area contributed by atoms with E-state index in [0.717, 1.165) is 25.7 Å². The van der Waals surface area contributed by atoms with Gasteiger partial charge in [-0.2, -0.15) is 0 Å². The summed E-state index contributed by atoms with van der Waals surface area (Å²) in [5.41, 5.74) is 0. The molecule has 1 heterocycles. The summed E-state index contributed by atoms with van der Waals surface area (Å²) in [6.07, 6.45) is 9.35. The molecule has 4 unspecified atom stereocenters. The van der Waals surface area contributed by atoms with Gasteiger partial charge in [-0.05, 0) is 25.7 Å². The molecule has 3 aliphatic rings. The summed E-state index contributed by atoms with van der Waals surface area (Å²) < 4.78 is 58.1. The lowest BCUT2D eigenvalue weighted by Gasteiger charge is -2.31. The molecule has 0 amide bonds. The van der Waals surface area contributed by atoms with E-state index in [1.807, 2.05) is 0 Å². The van der Waals surface area contributed by atoms with Gasteiger partial charge in [-0.1, -0.05) is 25.7 Å². The van der Waals surface area contributed by atoms with Gasteiger partial charge < -0.3 is 47.4 Å². The van der Waals surface area contributed by atoms with Crippen molar-refractivity contribution in [3.63, 3.8) is 0 Å². The van der Waals surface area contributed by atoms with Crippen LogP contribution >= 0.6 is 0 Å². The fraction of sp³-hybridized carbons (Fsp3) is 1.00. The topological polar surface area (TPSA) is 92.3 Å². The minimum Gasteiger partial charge on any atom is -0.377 e. The van der Waals surface area contributed by atoms with Crippen molar-refractivity contribution in [2.75, 3.05) is 106 Å². The first-order valence-electron chi connectivity index (χ1n) is 14.9.